The highest BCUT2D eigenvalue weighted by atomic mass is 16.5. The molecule has 4 amide bonds. The quantitative estimate of drug-likeness (QED) is 0.223. The molecule has 260 valence electrons. The van der Waals surface area contributed by atoms with Crippen molar-refractivity contribution in [3.05, 3.63) is 35.9 Å². The number of carbonyl (C=O) groups excluding carboxylic acids is 4. The molecule has 11 heteroatoms. The number of amides is 4. The van der Waals surface area contributed by atoms with Crippen molar-refractivity contribution in [2.45, 2.75) is 110 Å². The molecule has 1 fully saturated rings. The summed E-state index contributed by atoms with van der Waals surface area (Å²) in [6.07, 6.45) is 0.612. The van der Waals surface area contributed by atoms with Crippen LogP contribution in [0.3, 0.4) is 0 Å². The molecule has 0 aliphatic carbocycles. The molecule has 46 heavy (non-hydrogen) atoms. The molecule has 1 heterocycles. The lowest BCUT2D eigenvalue weighted by Gasteiger charge is -2.39. The molecule has 0 saturated carbocycles. The van der Waals surface area contributed by atoms with Crippen molar-refractivity contribution in [3.63, 3.8) is 0 Å². The zero-order valence-corrected chi connectivity index (χ0v) is 29.3. The highest BCUT2D eigenvalue weighted by Crippen LogP contribution is 2.29. The average Bonchev–Trinajstić information content (AvgIpc) is 3.52. The van der Waals surface area contributed by atoms with E-state index in [2.05, 4.69) is 10.6 Å². The molecule has 2 rings (SSSR count). The number of likely N-dealkylation sites (tertiary alicyclic amines) is 1. The number of aliphatic hydroxyl groups excluding tert-OH is 1. The van der Waals surface area contributed by atoms with Crippen LogP contribution in [0.25, 0.3) is 0 Å². The van der Waals surface area contributed by atoms with E-state index >= 15 is 0 Å². The third kappa shape index (κ3) is 10.8. The number of benzene rings is 1. The topological polar surface area (TPSA) is 138 Å². The summed E-state index contributed by atoms with van der Waals surface area (Å²) in [5, 5.41) is 16.4. The van der Waals surface area contributed by atoms with Gasteiger partial charge in [0.1, 0.15) is 0 Å². The lowest BCUT2D eigenvalue weighted by molar-refractivity contribution is -0.146. The Kier molecular flexibility index (Phi) is 16.1. The normalized spacial score (nSPS) is 19.5. The van der Waals surface area contributed by atoms with Crippen molar-refractivity contribution in [1.29, 1.82) is 0 Å². The lowest BCUT2D eigenvalue weighted by atomic mass is 9.90. The third-order valence-corrected chi connectivity index (χ3v) is 9.32. The minimum atomic E-state index is -0.867. The Hall–Kier alpha value is -3.02. The van der Waals surface area contributed by atoms with E-state index in [4.69, 9.17) is 9.47 Å². The van der Waals surface area contributed by atoms with Crippen LogP contribution in [0, 0.1) is 17.8 Å². The first kappa shape index (κ1) is 39.2. The van der Waals surface area contributed by atoms with Crippen molar-refractivity contribution in [3.8, 4) is 0 Å². The molecule has 11 nitrogen and oxygen atoms in total. The van der Waals surface area contributed by atoms with Gasteiger partial charge >= 0.3 is 0 Å². The number of hydrogen-bond donors (Lipinski definition) is 3. The van der Waals surface area contributed by atoms with Crippen LogP contribution in [0.2, 0.25) is 0 Å². The smallest absolute Gasteiger partial charge is 0.242 e. The summed E-state index contributed by atoms with van der Waals surface area (Å²) in [6.45, 7) is 11.9. The highest BCUT2D eigenvalue weighted by Gasteiger charge is 2.42. The molecular formula is C35H58N4O7. The van der Waals surface area contributed by atoms with E-state index in [-0.39, 0.29) is 54.5 Å². The fourth-order valence-corrected chi connectivity index (χ4v) is 6.44. The van der Waals surface area contributed by atoms with Gasteiger partial charge in [0, 0.05) is 34.2 Å². The first-order valence-electron chi connectivity index (χ1n) is 16.7. The molecule has 0 bridgehead atoms. The third-order valence-electron chi connectivity index (χ3n) is 9.32. The standard InChI is InChI=1S/C35H58N4O7/c1-10-23(4)32(38(7)31(42)21-36-29(40)19-22(2)3)28(45-8)20-30(41)39-18-14-17-27(39)34(46-9)24(5)35(44)37-25(6)33(43)26-15-12-11-13-16-26/h11-13,15-16,22-25,27-28,32-34,43H,10,14,17-21H2,1-9H3,(H,36,40)(H,37,44)/t23?,24-,25?,27?,28-,32+,33?,34-/m1/s1. The Bertz CT molecular complexity index is 1120. The Labute approximate surface area is 275 Å². The number of nitrogens with one attached hydrogen (secondary N) is 2. The molecule has 0 spiro atoms. The summed E-state index contributed by atoms with van der Waals surface area (Å²) in [5.74, 6) is -1.19. The first-order chi connectivity index (χ1) is 21.8. The lowest BCUT2D eigenvalue weighted by Crippen LogP contribution is -2.54. The molecule has 1 aliphatic rings. The van der Waals surface area contributed by atoms with E-state index in [9.17, 15) is 24.3 Å². The monoisotopic (exact) mass is 646 g/mol. The zero-order valence-electron chi connectivity index (χ0n) is 29.3. The second-order valence-corrected chi connectivity index (χ2v) is 13.2. The molecule has 3 N–H and O–H groups in total. The summed E-state index contributed by atoms with van der Waals surface area (Å²) in [6, 6.07) is 7.94. The minimum Gasteiger partial charge on any atom is -0.386 e. The number of likely N-dealkylation sites (N-methyl/N-ethyl adjacent to an activating group) is 1. The fraction of sp³-hybridized carbons (Fsp3) is 0.714. The van der Waals surface area contributed by atoms with Crippen molar-refractivity contribution in [2.75, 3.05) is 34.4 Å². The van der Waals surface area contributed by atoms with Gasteiger partial charge in [-0.15, -0.1) is 0 Å². The van der Waals surface area contributed by atoms with Crippen LogP contribution in [0.15, 0.2) is 30.3 Å². The van der Waals surface area contributed by atoms with E-state index in [0.717, 1.165) is 12.8 Å². The van der Waals surface area contributed by atoms with Gasteiger partial charge < -0.3 is 35.0 Å². The molecule has 0 aromatic heterocycles. The molecule has 1 aliphatic heterocycles. The number of aliphatic hydroxyl groups is 1. The SMILES string of the molecule is CCC(C)[C@@H]([C@@H](CC(=O)N1CCCC1[C@H](OC)[C@@H](C)C(=O)NC(C)C(O)c1ccccc1)OC)N(C)C(=O)CNC(=O)CC(C)C. The van der Waals surface area contributed by atoms with E-state index in [1.165, 1.54) is 0 Å². The van der Waals surface area contributed by atoms with Crippen LogP contribution in [-0.2, 0) is 28.7 Å². The van der Waals surface area contributed by atoms with Crippen molar-refractivity contribution >= 4 is 23.6 Å². The highest BCUT2D eigenvalue weighted by molar-refractivity contribution is 5.85. The van der Waals surface area contributed by atoms with Crippen molar-refractivity contribution in [1.82, 2.24) is 20.4 Å². The number of rotatable bonds is 18. The van der Waals surface area contributed by atoms with Gasteiger partial charge in [-0.05, 0) is 37.2 Å². The van der Waals surface area contributed by atoms with Crippen LogP contribution < -0.4 is 10.6 Å². The summed E-state index contributed by atoms with van der Waals surface area (Å²) in [5.41, 5.74) is 0.713. The largest absolute Gasteiger partial charge is 0.386 e. The van der Waals surface area contributed by atoms with E-state index in [1.807, 2.05) is 58.0 Å². The summed E-state index contributed by atoms with van der Waals surface area (Å²) in [7, 11) is 4.79. The predicted octanol–water partition coefficient (Wildman–Crippen LogP) is 3.31. The van der Waals surface area contributed by atoms with E-state index in [0.29, 0.717) is 24.9 Å². The Morgan fingerprint density at radius 2 is 1.67 bits per heavy atom. The van der Waals surface area contributed by atoms with Crippen LogP contribution in [-0.4, -0.2) is 103 Å². The molecule has 4 unspecified atom stereocenters. The van der Waals surface area contributed by atoms with Gasteiger partial charge in [0.05, 0.1) is 55.3 Å². The summed E-state index contributed by atoms with van der Waals surface area (Å²) in [4.78, 5) is 55.9. The number of methoxy groups -OCH3 is 2. The number of ether oxygens (including phenoxy) is 2. The maximum absolute atomic E-state index is 13.9. The van der Waals surface area contributed by atoms with Gasteiger partial charge in [-0.2, -0.15) is 0 Å². The second kappa shape index (κ2) is 19.0. The molecule has 8 atom stereocenters. The molecule has 0 radical (unpaired) electrons. The maximum Gasteiger partial charge on any atom is 0.242 e. The van der Waals surface area contributed by atoms with Gasteiger partial charge in [-0.3, -0.25) is 19.2 Å². The van der Waals surface area contributed by atoms with Crippen molar-refractivity contribution in [2.24, 2.45) is 17.8 Å². The van der Waals surface area contributed by atoms with E-state index < -0.39 is 36.3 Å². The summed E-state index contributed by atoms with van der Waals surface area (Å²) < 4.78 is 11.7. The first-order valence-corrected chi connectivity index (χ1v) is 16.7. The summed E-state index contributed by atoms with van der Waals surface area (Å²) >= 11 is 0. The Balaban J connectivity index is 2.13. The minimum absolute atomic E-state index is 0.0242. The number of carbonyl (C=O) groups is 4. The van der Waals surface area contributed by atoms with E-state index in [1.54, 1.807) is 44.9 Å². The van der Waals surface area contributed by atoms with Crippen LogP contribution in [0.5, 0.6) is 0 Å². The molecular weight excluding hydrogens is 588 g/mol. The Morgan fingerprint density at radius 1 is 1.02 bits per heavy atom. The maximum atomic E-state index is 13.9. The zero-order chi connectivity index (χ0) is 34.6. The number of hydrogen-bond acceptors (Lipinski definition) is 7. The fourth-order valence-electron chi connectivity index (χ4n) is 6.44. The Morgan fingerprint density at radius 3 is 2.24 bits per heavy atom. The average molecular weight is 647 g/mol. The van der Waals surface area contributed by atoms with Gasteiger partial charge in [-0.1, -0.05) is 71.4 Å². The van der Waals surface area contributed by atoms with Crippen LogP contribution >= 0.6 is 0 Å². The van der Waals surface area contributed by atoms with Gasteiger partial charge in [0.2, 0.25) is 23.6 Å². The molecule has 1 aromatic rings. The van der Waals surface area contributed by atoms with Crippen molar-refractivity contribution < 1.29 is 33.8 Å². The second-order valence-electron chi connectivity index (χ2n) is 13.2. The van der Waals surface area contributed by atoms with Gasteiger partial charge in [-0.25, -0.2) is 0 Å². The van der Waals surface area contributed by atoms with Crippen LogP contribution in [0.4, 0.5) is 0 Å². The molecule has 1 saturated heterocycles. The van der Waals surface area contributed by atoms with Gasteiger partial charge in [0.25, 0.3) is 0 Å². The van der Waals surface area contributed by atoms with Crippen LogP contribution in [0.1, 0.15) is 85.3 Å². The number of nitrogens with zero attached hydrogens (tertiary/aromatic N) is 2. The van der Waals surface area contributed by atoms with Gasteiger partial charge in [0.15, 0.2) is 0 Å². The predicted molar refractivity (Wildman–Crippen MR) is 178 cm³/mol. The molecule has 1 aromatic carbocycles.